The Morgan fingerprint density at radius 1 is 1.31 bits per heavy atom. The zero-order valence-electron chi connectivity index (χ0n) is 8.54. The van der Waals surface area contributed by atoms with Gasteiger partial charge in [0.2, 0.25) is 0 Å². The monoisotopic (exact) mass is 238 g/mol. The number of benzene rings is 1. The number of nitrogens with zero attached hydrogens (tertiary/aromatic N) is 2. The highest BCUT2D eigenvalue weighted by atomic mass is 32.2. The number of aromatic hydroxyl groups is 2. The fraction of sp³-hybridized carbons (Fsp3) is 0.200. The molecule has 0 fully saturated rings. The van der Waals surface area contributed by atoms with E-state index in [0.717, 1.165) is 5.75 Å². The summed E-state index contributed by atoms with van der Waals surface area (Å²) in [7, 11) is 0. The number of phenolic OH excluding ortho intramolecular Hbond substituents is 2. The van der Waals surface area contributed by atoms with Crippen molar-refractivity contribution < 1.29 is 14.6 Å². The second-order valence-corrected chi connectivity index (χ2v) is 4.22. The Bertz CT molecular complexity index is 499. The van der Waals surface area contributed by atoms with Crippen molar-refractivity contribution in [2.75, 3.05) is 5.75 Å². The second-order valence-electron chi connectivity index (χ2n) is 3.01. The first-order chi connectivity index (χ1) is 7.70. The van der Waals surface area contributed by atoms with Gasteiger partial charge in [-0.2, -0.15) is 0 Å². The lowest BCUT2D eigenvalue weighted by Gasteiger charge is -1.99. The molecule has 6 heteroatoms. The summed E-state index contributed by atoms with van der Waals surface area (Å²) in [5.41, 5.74) is 0.329. The highest BCUT2D eigenvalue weighted by Crippen LogP contribution is 2.32. The van der Waals surface area contributed by atoms with E-state index in [4.69, 9.17) is 4.42 Å². The number of rotatable bonds is 3. The van der Waals surface area contributed by atoms with E-state index in [-0.39, 0.29) is 17.4 Å². The molecule has 2 rings (SSSR count). The Balaban J connectivity index is 2.38. The molecule has 0 aliphatic rings. The van der Waals surface area contributed by atoms with Crippen LogP contribution >= 0.6 is 11.8 Å². The number of aromatic nitrogens is 2. The number of phenols is 2. The van der Waals surface area contributed by atoms with Crippen molar-refractivity contribution in [3.63, 3.8) is 0 Å². The van der Waals surface area contributed by atoms with Crippen molar-refractivity contribution in [1.29, 1.82) is 0 Å². The molecule has 0 spiro atoms. The minimum absolute atomic E-state index is 0.00509. The molecule has 84 valence electrons. The highest BCUT2D eigenvalue weighted by Gasteiger charge is 2.13. The summed E-state index contributed by atoms with van der Waals surface area (Å²) >= 11 is 1.42. The lowest BCUT2D eigenvalue weighted by molar-refractivity contribution is 0.446. The van der Waals surface area contributed by atoms with Crippen molar-refractivity contribution in [3.05, 3.63) is 18.2 Å². The van der Waals surface area contributed by atoms with Gasteiger partial charge in [0.1, 0.15) is 11.5 Å². The van der Waals surface area contributed by atoms with Crippen LogP contribution in [0.2, 0.25) is 0 Å². The second kappa shape index (κ2) is 4.44. The van der Waals surface area contributed by atoms with Gasteiger partial charge in [0.15, 0.2) is 0 Å². The van der Waals surface area contributed by atoms with Crippen LogP contribution in [-0.4, -0.2) is 26.2 Å². The van der Waals surface area contributed by atoms with Crippen molar-refractivity contribution in [2.24, 2.45) is 0 Å². The van der Waals surface area contributed by atoms with Gasteiger partial charge in [0.25, 0.3) is 11.1 Å². The third-order valence-corrected chi connectivity index (χ3v) is 2.59. The summed E-state index contributed by atoms with van der Waals surface area (Å²) in [6.45, 7) is 1.97. The number of thioether (sulfide) groups is 1. The summed E-state index contributed by atoms with van der Waals surface area (Å²) in [4.78, 5) is 0. The molecule has 0 amide bonds. The first kappa shape index (κ1) is 10.8. The highest BCUT2D eigenvalue weighted by molar-refractivity contribution is 7.99. The molecule has 0 aliphatic carbocycles. The van der Waals surface area contributed by atoms with Crippen molar-refractivity contribution in [3.8, 4) is 23.0 Å². The van der Waals surface area contributed by atoms with Crippen LogP contribution in [0.1, 0.15) is 6.92 Å². The first-order valence-electron chi connectivity index (χ1n) is 4.69. The van der Waals surface area contributed by atoms with E-state index >= 15 is 0 Å². The van der Waals surface area contributed by atoms with Crippen molar-refractivity contribution in [2.45, 2.75) is 12.1 Å². The van der Waals surface area contributed by atoms with E-state index in [2.05, 4.69) is 10.2 Å². The molecule has 0 saturated carbocycles. The van der Waals surface area contributed by atoms with E-state index in [0.29, 0.717) is 10.8 Å². The molecule has 0 unspecified atom stereocenters. The molecule has 2 N–H and O–H groups in total. The molecule has 16 heavy (non-hydrogen) atoms. The normalized spacial score (nSPS) is 10.6. The van der Waals surface area contributed by atoms with Crippen molar-refractivity contribution >= 4 is 11.8 Å². The summed E-state index contributed by atoms with van der Waals surface area (Å²) in [6.07, 6.45) is 0. The van der Waals surface area contributed by atoms with E-state index < -0.39 is 0 Å². The lowest BCUT2D eigenvalue weighted by Crippen LogP contribution is -1.79. The van der Waals surface area contributed by atoms with Crippen LogP contribution in [0.5, 0.6) is 11.5 Å². The molecular formula is C10H10N2O3S. The third-order valence-electron chi connectivity index (χ3n) is 1.88. The first-order valence-corrected chi connectivity index (χ1v) is 5.68. The van der Waals surface area contributed by atoms with Gasteiger partial charge in [-0.3, -0.25) is 0 Å². The van der Waals surface area contributed by atoms with Gasteiger partial charge in [-0.25, -0.2) is 0 Å². The Hall–Kier alpha value is -1.69. The average molecular weight is 238 g/mol. The van der Waals surface area contributed by atoms with Gasteiger partial charge in [0.05, 0.1) is 5.56 Å². The average Bonchev–Trinajstić information content (AvgIpc) is 2.71. The molecule has 1 aromatic carbocycles. The van der Waals surface area contributed by atoms with Crippen LogP contribution in [-0.2, 0) is 0 Å². The van der Waals surface area contributed by atoms with Crippen LogP contribution < -0.4 is 0 Å². The molecule has 1 heterocycles. The molecule has 1 aromatic heterocycles. The van der Waals surface area contributed by atoms with Crippen LogP contribution in [0.25, 0.3) is 11.5 Å². The maximum Gasteiger partial charge on any atom is 0.276 e. The van der Waals surface area contributed by atoms with Gasteiger partial charge in [-0.15, -0.1) is 10.2 Å². The topological polar surface area (TPSA) is 79.4 Å². The molecule has 2 aromatic rings. The van der Waals surface area contributed by atoms with Crippen molar-refractivity contribution in [1.82, 2.24) is 10.2 Å². The summed E-state index contributed by atoms with van der Waals surface area (Å²) in [5.74, 6) is 1.06. The zero-order valence-corrected chi connectivity index (χ0v) is 9.36. The SMILES string of the molecule is CCSc1nnc(-c2cc(O)ccc2O)o1. The fourth-order valence-electron chi connectivity index (χ4n) is 1.20. The van der Waals surface area contributed by atoms with Crippen LogP contribution in [0.3, 0.4) is 0 Å². The predicted octanol–water partition coefficient (Wildman–Crippen LogP) is 2.26. The van der Waals surface area contributed by atoms with Crippen LogP contribution in [0.4, 0.5) is 0 Å². The molecule has 0 atom stereocenters. The molecule has 0 saturated heterocycles. The van der Waals surface area contributed by atoms with E-state index in [1.807, 2.05) is 6.92 Å². The molecule has 0 bridgehead atoms. The number of hydrogen-bond donors (Lipinski definition) is 2. The maximum absolute atomic E-state index is 9.58. The van der Waals surface area contributed by atoms with Gasteiger partial charge >= 0.3 is 0 Å². The van der Waals surface area contributed by atoms with Gasteiger partial charge in [-0.1, -0.05) is 18.7 Å². The standard InChI is InChI=1S/C10H10N2O3S/c1-2-16-10-12-11-9(15-10)7-5-6(13)3-4-8(7)14/h3-5,13-14H,2H2,1H3. The Morgan fingerprint density at radius 2 is 2.12 bits per heavy atom. The molecule has 0 radical (unpaired) electrons. The van der Waals surface area contributed by atoms with Gasteiger partial charge in [-0.05, 0) is 24.0 Å². The fourth-order valence-corrected chi connectivity index (χ4v) is 1.68. The smallest absolute Gasteiger partial charge is 0.276 e. The maximum atomic E-state index is 9.58. The molecule has 0 aliphatic heterocycles. The van der Waals surface area contributed by atoms with Gasteiger partial charge < -0.3 is 14.6 Å². The van der Waals surface area contributed by atoms with Gasteiger partial charge in [0, 0.05) is 0 Å². The van der Waals surface area contributed by atoms with E-state index in [1.54, 1.807) is 0 Å². The summed E-state index contributed by atoms with van der Waals surface area (Å²) < 4.78 is 5.32. The van der Waals surface area contributed by atoms with Crippen LogP contribution in [0, 0.1) is 0 Å². The Morgan fingerprint density at radius 3 is 2.88 bits per heavy atom. The largest absolute Gasteiger partial charge is 0.508 e. The summed E-state index contributed by atoms with van der Waals surface area (Å²) in [5, 5.41) is 26.9. The Labute approximate surface area is 96.1 Å². The third kappa shape index (κ3) is 2.11. The summed E-state index contributed by atoms with van der Waals surface area (Å²) in [6, 6.07) is 4.14. The van der Waals surface area contributed by atoms with E-state index in [9.17, 15) is 10.2 Å². The zero-order chi connectivity index (χ0) is 11.5. The Kier molecular flexibility index (Phi) is 3.00. The lowest BCUT2D eigenvalue weighted by atomic mass is 10.2. The van der Waals surface area contributed by atoms with Crippen LogP contribution in [0.15, 0.2) is 27.8 Å². The minimum atomic E-state index is -0.00509. The molecular weight excluding hydrogens is 228 g/mol. The predicted molar refractivity (Wildman–Crippen MR) is 59.5 cm³/mol. The minimum Gasteiger partial charge on any atom is -0.508 e. The molecule has 5 nitrogen and oxygen atoms in total. The van der Waals surface area contributed by atoms with E-state index in [1.165, 1.54) is 30.0 Å². The quantitative estimate of drug-likeness (QED) is 0.630. The number of hydrogen-bond acceptors (Lipinski definition) is 6.